The largest absolute Gasteiger partial charge is 0.436 e. The molecule has 0 saturated heterocycles. The van der Waals surface area contributed by atoms with Crippen LogP contribution in [0.1, 0.15) is 0 Å². The highest BCUT2D eigenvalue weighted by Gasteiger charge is 2.20. The van der Waals surface area contributed by atoms with Crippen LogP contribution in [0, 0.1) is 0 Å². The summed E-state index contributed by atoms with van der Waals surface area (Å²) in [6.07, 6.45) is 0. The minimum Gasteiger partial charge on any atom is -0.436 e. The van der Waals surface area contributed by atoms with E-state index in [1.807, 2.05) is 41.7 Å². The van der Waals surface area contributed by atoms with Gasteiger partial charge in [0.15, 0.2) is 5.58 Å². The van der Waals surface area contributed by atoms with E-state index in [2.05, 4.69) is 157 Å². The summed E-state index contributed by atoms with van der Waals surface area (Å²) in [5.74, 6) is 0.631. The van der Waals surface area contributed by atoms with Crippen molar-refractivity contribution in [1.82, 2.24) is 4.98 Å². The van der Waals surface area contributed by atoms with Gasteiger partial charge in [0.25, 0.3) is 0 Å². The number of hydrogen-bond acceptors (Lipinski definition) is 4. The van der Waals surface area contributed by atoms with Crippen molar-refractivity contribution in [1.29, 1.82) is 0 Å². The van der Waals surface area contributed by atoms with Gasteiger partial charge in [0.1, 0.15) is 5.52 Å². The van der Waals surface area contributed by atoms with Crippen LogP contribution < -0.4 is 4.90 Å². The maximum Gasteiger partial charge on any atom is 0.227 e. The molecule has 4 heteroatoms. The Bertz CT molecular complexity index is 2850. The van der Waals surface area contributed by atoms with E-state index in [1.54, 1.807) is 0 Å². The van der Waals surface area contributed by atoms with Gasteiger partial charge in [-0.3, -0.25) is 0 Å². The molecule has 8 aromatic carbocycles. The average Bonchev–Trinajstić information content (AvgIpc) is 3.81. The fraction of sp³-hybridized carbons (Fsp3) is 0. The lowest BCUT2D eigenvalue weighted by molar-refractivity contribution is 0.620. The van der Waals surface area contributed by atoms with Crippen molar-refractivity contribution in [3.8, 4) is 33.7 Å². The predicted molar refractivity (Wildman–Crippen MR) is 215 cm³/mol. The molecule has 0 bridgehead atoms. The van der Waals surface area contributed by atoms with Gasteiger partial charge in [-0.2, -0.15) is 0 Å². The third-order valence-electron chi connectivity index (χ3n) is 9.71. The Morgan fingerprint density at radius 2 is 1.04 bits per heavy atom. The zero-order valence-corrected chi connectivity index (χ0v) is 28.3. The van der Waals surface area contributed by atoms with Crippen LogP contribution in [0.5, 0.6) is 0 Å². The van der Waals surface area contributed by atoms with Crippen molar-refractivity contribution < 1.29 is 4.42 Å². The molecule has 0 aliphatic rings. The lowest BCUT2D eigenvalue weighted by Crippen LogP contribution is -2.11. The molecule has 3 nitrogen and oxygen atoms in total. The first kappa shape index (κ1) is 29.4. The summed E-state index contributed by atoms with van der Waals surface area (Å²) in [7, 11) is 0. The lowest BCUT2D eigenvalue weighted by atomic mass is 9.96. The topological polar surface area (TPSA) is 29.3 Å². The second-order valence-corrected chi connectivity index (χ2v) is 13.8. The second kappa shape index (κ2) is 12.1. The fourth-order valence-electron chi connectivity index (χ4n) is 7.30. The first-order valence-corrected chi connectivity index (χ1v) is 17.9. The number of para-hydroxylation sites is 1. The van der Waals surface area contributed by atoms with Crippen LogP contribution in [0.4, 0.5) is 17.1 Å². The van der Waals surface area contributed by atoms with E-state index in [0.717, 1.165) is 55.6 Å². The second-order valence-electron chi connectivity index (χ2n) is 12.7. The Kier molecular flexibility index (Phi) is 7.00. The Labute approximate surface area is 299 Å². The van der Waals surface area contributed by atoms with E-state index in [9.17, 15) is 0 Å². The number of fused-ring (bicyclic) bond motifs is 6. The van der Waals surface area contributed by atoms with Gasteiger partial charge in [-0.1, -0.05) is 127 Å². The zero-order valence-electron chi connectivity index (χ0n) is 27.5. The smallest absolute Gasteiger partial charge is 0.227 e. The molecule has 0 radical (unpaired) electrons. The summed E-state index contributed by atoms with van der Waals surface area (Å²) >= 11 is 1.85. The highest BCUT2D eigenvalue weighted by molar-refractivity contribution is 7.25. The van der Waals surface area contributed by atoms with Crippen LogP contribution in [0.25, 0.3) is 75.8 Å². The van der Waals surface area contributed by atoms with E-state index in [1.165, 1.54) is 31.3 Å². The fourth-order valence-corrected chi connectivity index (χ4v) is 8.44. The first-order valence-electron chi connectivity index (χ1n) is 17.1. The van der Waals surface area contributed by atoms with E-state index in [4.69, 9.17) is 9.40 Å². The van der Waals surface area contributed by atoms with Gasteiger partial charge >= 0.3 is 0 Å². The van der Waals surface area contributed by atoms with Gasteiger partial charge in [0.2, 0.25) is 5.89 Å². The Hall–Kier alpha value is -6.49. The minimum absolute atomic E-state index is 0.631. The molecule has 0 aliphatic carbocycles. The van der Waals surface area contributed by atoms with Crippen molar-refractivity contribution in [2.45, 2.75) is 0 Å². The molecule has 240 valence electrons. The molecule has 0 saturated carbocycles. The van der Waals surface area contributed by atoms with Gasteiger partial charge in [-0.25, -0.2) is 4.98 Å². The van der Waals surface area contributed by atoms with E-state index < -0.39 is 0 Å². The van der Waals surface area contributed by atoms with Gasteiger partial charge in [0, 0.05) is 48.1 Å². The van der Waals surface area contributed by atoms with Crippen LogP contribution in [-0.4, -0.2) is 4.98 Å². The molecule has 10 rings (SSSR count). The molecule has 51 heavy (non-hydrogen) atoms. The minimum atomic E-state index is 0.631. The summed E-state index contributed by atoms with van der Waals surface area (Å²) < 4.78 is 8.97. The molecule has 0 unspecified atom stereocenters. The zero-order chi connectivity index (χ0) is 33.7. The lowest BCUT2D eigenvalue weighted by Gasteiger charge is -2.28. The molecular formula is C47H30N2OS. The molecule has 10 aromatic rings. The van der Waals surface area contributed by atoms with E-state index in [-0.39, 0.29) is 0 Å². The van der Waals surface area contributed by atoms with Crippen molar-refractivity contribution in [2.24, 2.45) is 0 Å². The third-order valence-corrected chi connectivity index (χ3v) is 10.8. The molecule has 2 heterocycles. The highest BCUT2D eigenvalue weighted by Crippen LogP contribution is 2.44. The monoisotopic (exact) mass is 670 g/mol. The number of nitrogens with zero attached hydrogens (tertiary/aromatic N) is 2. The van der Waals surface area contributed by atoms with Gasteiger partial charge in [0.05, 0.1) is 5.69 Å². The molecule has 0 spiro atoms. The third kappa shape index (κ3) is 5.08. The van der Waals surface area contributed by atoms with Crippen molar-refractivity contribution in [3.63, 3.8) is 0 Å². The molecule has 0 N–H and O–H groups in total. The number of anilines is 3. The standard InChI is InChI=1S/C47H30N2OS/c1-3-13-31(14-4-1)36-17-9-11-21-42(36)49(35-27-28-39-38-19-10-12-22-44(38)51-45(39)29-35)34-25-23-32(24-26-34)41-30-43-46(40-20-8-7-18-37(40)41)48-47(50-43)33-15-5-2-6-16-33/h1-30H. The average molecular weight is 671 g/mol. The van der Waals surface area contributed by atoms with Crippen molar-refractivity contribution in [2.75, 3.05) is 4.90 Å². The quantitative estimate of drug-likeness (QED) is 0.176. The maximum atomic E-state index is 6.40. The highest BCUT2D eigenvalue weighted by atomic mass is 32.1. The van der Waals surface area contributed by atoms with Gasteiger partial charge < -0.3 is 9.32 Å². The molecular weight excluding hydrogens is 641 g/mol. The van der Waals surface area contributed by atoms with Gasteiger partial charge in [-0.15, -0.1) is 11.3 Å². The summed E-state index contributed by atoms with van der Waals surface area (Å²) in [5, 5.41) is 4.81. The number of aromatic nitrogens is 1. The number of thiophene rings is 1. The summed E-state index contributed by atoms with van der Waals surface area (Å²) in [5.41, 5.74) is 10.5. The van der Waals surface area contributed by atoms with Crippen LogP contribution in [0.2, 0.25) is 0 Å². The van der Waals surface area contributed by atoms with Gasteiger partial charge in [-0.05, 0) is 76.7 Å². The Morgan fingerprint density at radius 3 is 1.84 bits per heavy atom. The SMILES string of the molecule is c1ccc(-c2nc3c(cc(-c4ccc(N(c5ccc6c(c5)sc5ccccc56)c5ccccc5-c5ccccc5)cc4)c4ccccc43)o2)cc1. The normalized spacial score (nSPS) is 11.5. The first-order chi connectivity index (χ1) is 25.3. The van der Waals surface area contributed by atoms with Crippen LogP contribution in [-0.2, 0) is 0 Å². The van der Waals surface area contributed by atoms with Crippen LogP contribution >= 0.6 is 11.3 Å². The molecule has 2 aromatic heterocycles. The number of oxazole rings is 1. The summed E-state index contributed by atoms with van der Waals surface area (Å²) in [6.45, 7) is 0. The molecule has 0 atom stereocenters. The Morgan fingerprint density at radius 1 is 0.431 bits per heavy atom. The molecule has 0 amide bonds. The predicted octanol–water partition coefficient (Wildman–Crippen LogP) is 13.8. The summed E-state index contributed by atoms with van der Waals surface area (Å²) in [4.78, 5) is 7.34. The maximum absolute atomic E-state index is 6.40. The van der Waals surface area contributed by atoms with Crippen LogP contribution in [0.15, 0.2) is 186 Å². The van der Waals surface area contributed by atoms with E-state index >= 15 is 0 Å². The van der Waals surface area contributed by atoms with Crippen molar-refractivity contribution in [3.05, 3.63) is 182 Å². The van der Waals surface area contributed by atoms with E-state index in [0.29, 0.717) is 5.89 Å². The number of benzene rings is 8. The Balaban J connectivity index is 1.13. The number of hydrogen-bond donors (Lipinski definition) is 0. The molecule has 0 fully saturated rings. The molecule has 0 aliphatic heterocycles. The van der Waals surface area contributed by atoms with Crippen LogP contribution in [0.3, 0.4) is 0 Å². The summed E-state index contributed by atoms with van der Waals surface area (Å²) in [6, 6.07) is 64.5. The van der Waals surface area contributed by atoms with Crippen molar-refractivity contribution >= 4 is 70.4 Å². The number of rotatable bonds is 6.